The number of rotatable bonds is 5. The van der Waals surface area contributed by atoms with Gasteiger partial charge in [0, 0.05) is 0 Å². The summed E-state index contributed by atoms with van der Waals surface area (Å²) in [5, 5.41) is 9.41. The molecule has 1 aliphatic heterocycles. The van der Waals surface area contributed by atoms with Gasteiger partial charge in [-0.05, 0) is 6.42 Å². The molecular weight excluding hydrogens is 158 g/mol. The third-order valence-corrected chi connectivity index (χ3v) is 2.04. The van der Waals surface area contributed by atoms with E-state index in [4.69, 9.17) is 10.5 Å². The molecule has 1 fully saturated rings. The Morgan fingerprint density at radius 2 is 2.42 bits per heavy atom. The maximum absolute atomic E-state index is 10.5. The number of aliphatic hydroxyl groups excluding tert-OH is 1. The normalized spacial score (nSPS) is 29.8. The molecule has 0 bridgehead atoms. The highest BCUT2D eigenvalue weighted by atomic mass is 16.6. The van der Waals surface area contributed by atoms with Crippen molar-refractivity contribution in [2.75, 3.05) is 0 Å². The minimum absolute atomic E-state index is 0.339. The molecule has 3 N–H and O–H groups in total. The Morgan fingerprint density at radius 3 is 2.83 bits per heavy atom. The summed E-state index contributed by atoms with van der Waals surface area (Å²) in [7, 11) is 0. The van der Waals surface area contributed by atoms with E-state index < -0.39 is 18.1 Å². The van der Waals surface area contributed by atoms with Crippen molar-refractivity contribution in [2.24, 2.45) is 5.73 Å². The van der Waals surface area contributed by atoms with Crippen LogP contribution in [0.2, 0.25) is 0 Å². The second-order valence-corrected chi connectivity index (χ2v) is 3.13. The zero-order valence-corrected chi connectivity index (χ0v) is 7.19. The van der Waals surface area contributed by atoms with E-state index in [1.807, 2.05) is 6.92 Å². The largest absolute Gasteiger partial charge is 0.390 e. The molecule has 1 heterocycles. The van der Waals surface area contributed by atoms with Crippen LogP contribution in [0.5, 0.6) is 0 Å². The molecular formula is C8H15NO3. The second kappa shape index (κ2) is 3.87. The standard InChI is InChI=1S/C8H15NO3/c1-2-3-4-5(10)6-7(12-6)8(9)11/h5-7,10H,2-4H2,1H3,(H2,9,11)/t5-,6-,7-/m1/s1. The van der Waals surface area contributed by atoms with E-state index in [0.717, 1.165) is 12.8 Å². The lowest BCUT2D eigenvalue weighted by molar-refractivity contribution is -0.119. The van der Waals surface area contributed by atoms with Crippen molar-refractivity contribution < 1.29 is 14.6 Å². The number of ether oxygens (including phenoxy) is 1. The summed E-state index contributed by atoms with van der Waals surface area (Å²) in [5.41, 5.74) is 4.98. The molecule has 3 atom stereocenters. The first-order valence-corrected chi connectivity index (χ1v) is 4.29. The first-order valence-electron chi connectivity index (χ1n) is 4.29. The van der Waals surface area contributed by atoms with Crippen LogP contribution in [0.3, 0.4) is 0 Å². The first-order chi connectivity index (χ1) is 5.66. The molecule has 12 heavy (non-hydrogen) atoms. The molecule has 0 aromatic carbocycles. The van der Waals surface area contributed by atoms with E-state index in [9.17, 15) is 9.90 Å². The highest BCUT2D eigenvalue weighted by Gasteiger charge is 2.47. The van der Waals surface area contributed by atoms with Gasteiger partial charge in [-0.15, -0.1) is 0 Å². The predicted octanol–water partition coefficient (Wildman–Crippen LogP) is -0.210. The van der Waals surface area contributed by atoms with Gasteiger partial charge in [0.25, 0.3) is 0 Å². The Kier molecular flexibility index (Phi) is 3.05. The zero-order chi connectivity index (χ0) is 9.14. The Morgan fingerprint density at radius 1 is 1.75 bits per heavy atom. The van der Waals surface area contributed by atoms with Crippen LogP contribution < -0.4 is 5.73 Å². The number of hydrogen-bond acceptors (Lipinski definition) is 3. The van der Waals surface area contributed by atoms with Crippen LogP contribution in [0.4, 0.5) is 0 Å². The quantitative estimate of drug-likeness (QED) is 0.565. The number of carbonyl (C=O) groups excluding carboxylic acids is 1. The number of epoxide rings is 1. The smallest absolute Gasteiger partial charge is 0.249 e. The molecule has 0 aromatic rings. The predicted molar refractivity (Wildman–Crippen MR) is 43.4 cm³/mol. The van der Waals surface area contributed by atoms with Gasteiger partial charge in [0.05, 0.1) is 6.10 Å². The van der Waals surface area contributed by atoms with Crippen molar-refractivity contribution in [1.82, 2.24) is 0 Å². The maximum atomic E-state index is 10.5. The van der Waals surface area contributed by atoms with Gasteiger partial charge >= 0.3 is 0 Å². The molecule has 1 saturated heterocycles. The molecule has 70 valence electrons. The van der Waals surface area contributed by atoms with Gasteiger partial charge in [-0.1, -0.05) is 19.8 Å². The number of hydrogen-bond donors (Lipinski definition) is 2. The van der Waals surface area contributed by atoms with Gasteiger partial charge in [0.1, 0.15) is 6.10 Å². The van der Waals surface area contributed by atoms with Crippen LogP contribution in [0, 0.1) is 0 Å². The number of primary amides is 1. The first kappa shape index (κ1) is 9.48. The Labute approximate surface area is 71.7 Å². The fourth-order valence-electron chi connectivity index (χ4n) is 1.22. The van der Waals surface area contributed by atoms with Gasteiger partial charge < -0.3 is 15.6 Å². The number of unbranched alkanes of at least 4 members (excludes halogenated alkanes) is 1. The SMILES string of the molecule is CCCC[C@@H](O)[C@H]1O[C@H]1C(N)=O. The van der Waals surface area contributed by atoms with Crippen LogP contribution in [0.15, 0.2) is 0 Å². The molecule has 0 saturated carbocycles. The lowest BCUT2D eigenvalue weighted by Gasteiger charge is -2.04. The van der Waals surface area contributed by atoms with E-state index in [-0.39, 0.29) is 6.10 Å². The third kappa shape index (κ3) is 2.19. The zero-order valence-electron chi connectivity index (χ0n) is 7.19. The topological polar surface area (TPSA) is 75.8 Å². The number of carbonyl (C=O) groups is 1. The summed E-state index contributed by atoms with van der Waals surface area (Å²) in [5.74, 6) is -0.476. The van der Waals surface area contributed by atoms with Crippen LogP contribution in [-0.2, 0) is 9.53 Å². The Hall–Kier alpha value is -0.610. The monoisotopic (exact) mass is 173 g/mol. The summed E-state index contributed by atoms with van der Waals surface area (Å²) >= 11 is 0. The van der Waals surface area contributed by atoms with E-state index in [2.05, 4.69) is 0 Å². The van der Waals surface area contributed by atoms with Crippen molar-refractivity contribution >= 4 is 5.91 Å². The van der Waals surface area contributed by atoms with Gasteiger partial charge in [-0.2, -0.15) is 0 Å². The minimum Gasteiger partial charge on any atom is -0.390 e. The number of nitrogens with two attached hydrogens (primary N) is 1. The van der Waals surface area contributed by atoms with E-state index >= 15 is 0 Å². The van der Waals surface area contributed by atoms with Crippen molar-refractivity contribution in [3.8, 4) is 0 Å². The summed E-state index contributed by atoms with van der Waals surface area (Å²) < 4.78 is 4.91. The van der Waals surface area contributed by atoms with E-state index in [1.54, 1.807) is 0 Å². The number of aliphatic hydroxyl groups is 1. The van der Waals surface area contributed by atoms with E-state index in [0.29, 0.717) is 6.42 Å². The van der Waals surface area contributed by atoms with Gasteiger partial charge in [-0.3, -0.25) is 4.79 Å². The molecule has 1 rings (SSSR count). The fourth-order valence-corrected chi connectivity index (χ4v) is 1.22. The summed E-state index contributed by atoms with van der Waals surface area (Å²) in [6, 6.07) is 0. The lowest BCUT2D eigenvalue weighted by atomic mass is 10.1. The van der Waals surface area contributed by atoms with Crippen LogP contribution in [-0.4, -0.2) is 29.3 Å². The molecule has 0 unspecified atom stereocenters. The summed E-state index contributed by atoms with van der Waals surface area (Å²) in [4.78, 5) is 10.5. The summed E-state index contributed by atoms with van der Waals surface area (Å²) in [6.07, 6.45) is 1.26. The molecule has 0 radical (unpaired) electrons. The average Bonchev–Trinajstić information content (AvgIpc) is 2.78. The second-order valence-electron chi connectivity index (χ2n) is 3.13. The third-order valence-electron chi connectivity index (χ3n) is 2.04. The fraction of sp³-hybridized carbons (Fsp3) is 0.875. The summed E-state index contributed by atoms with van der Waals surface area (Å²) in [6.45, 7) is 2.05. The van der Waals surface area contributed by atoms with E-state index in [1.165, 1.54) is 0 Å². The Balaban J connectivity index is 2.19. The van der Waals surface area contributed by atoms with Crippen LogP contribution in [0.25, 0.3) is 0 Å². The van der Waals surface area contributed by atoms with Crippen LogP contribution >= 0.6 is 0 Å². The van der Waals surface area contributed by atoms with Crippen molar-refractivity contribution in [1.29, 1.82) is 0 Å². The molecule has 1 amide bonds. The van der Waals surface area contributed by atoms with Crippen molar-refractivity contribution in [3.05, 3.63) is 0 Å². The average molecular weight is 173 g/mol. The van der Waals surface area contributed by atoms with Gasteiger partial charge in [0.15, 0.2) is 6.10 Å². The van der Waals surface area contributed by atoms with Crippen molar-refractivity contribution in [3.63, 3.8) is 0 Å². The highest BCUT2D eigenvalue weighted by Crippen LogP contribution is 2.27. The molecule has 0 aliphatic carbocycles. The maximum Gasteiger partial charge on any atom is 0.249 e. The molecule has 0 spiro atoms. The van der Waals surface area contributed by atoms with Crippen LogP contribution in [0.1, 0.15) is 26.2 Å². The number of amides is 1. The molecule has 4 nitrogen and oxygen atoms in total. The molecule has 4 heteroatoms. The molecule has 0 aromatic heterocycles. The van der Waals surface area contributed by atoms with Gasteiger partial charge in [-0.25, -0.2) is 0 Å². The van der Waals surface area contributed by atoms with Crippen molar-refractivity contribution in [2.45, 2.75) is 44.5 Å². The lowest BCUT2D eigenvalue weighted by Crippen LogP contribution is -2.25. The minimum atomic E-state index is -0.545. The molecule has 1 aliphatic rings. The van der Waals surface area contributed by atoms with Gasteiger partial charge in [0.2, 0.25) is 5.91 Å². The Bertz CT molecular complexity index is 172. The highest BCUT2D eigenvalue weighted by molar-refractivity contribution is 5.81.